The number of carbonyl (C=O) groups is 2. The minimum atomic E-state index is -0.856. The van der Waals surface area contributed by atoms with Gasteiger partial charge in [0.05, 0.1) is 0 Å². The van der Waals surface area contributed by atoms with Crippen LogP contribution in [-0.2, 0) is 9.59 Å². The molecule has 0 aromatic heterocycles. The van der Waals surface area contributed by atoms with Crippen molar-refractivity contribution in [3.05, 3.63) is 23.8 Å². The van der Waals surface area contributed by atoms with Crippen molar-refractivity contribution >= 4 is 11.8 Å². The average Bonchev–Trinajstić information content (AvgIpc) is 2.13. The van der Waals surface area contributed by atoms with Gasteiger partial charge in [0.2, 0.25) is 0 Å². The van der Waals surface area contributed by atoms with Crippen LogP contribution in [0.5, 0.6) is 0 Å². The van der Waals surface area contributed by atoms with Gasteiger partial charge in [-0.25, -0.2) is 0 Å². The summed E-state index contributed by atoms with van der Waals surface area (Å²) in [4.78, 5) is 21.6. The first kappa shape index (κ1) is 12.6. The molecule has 78 valence electrons. The quantitative estimate of drug-likeness (QED) is 0.524. The fourth-order valence-electron chi connectivity index (χ4n) is 1.07. The molecule has 0 amide bonds. The standard InChI is InChI=1S/C11H16O3/c1-3-6-9(4-2)10(12)7-5-8-11(13)14/h3-4,6H,5,7-8H2,1-2H3,(H,13,14)/b6-3-,9-4+. The van der Waals surface area contributed by atoms with Gasteiger partial charge in [0.25, 0.3) is 0 Å². The molecule has 3 heteroatoms. The zero-order chi connectivity index (χ0) is 11.0. The van der Waals surface area contributed by atoms with E-state index in [4.69, 9.17) is 5.11 Å². The first-order valence-corrected chi connectivity index (χ1v) is 4.65. The highest BCUT2D eigenvalue weighted by Crippen LogP contribution is 2.06. The molecule has 0 aliphatic heterocycles. The number of allylic oxidation sites excluding steroid dienone is 4. The first-order chi connectivity index (χ1) is 6.61. The number of carboxylic acids is 1. The monoisotopic (exact) mass is 196 g/mol. The maximum absolute atomic E-state index is 11.4. The lowest BCUT2D eigenvalue weighted by atomic mass is 10.1. The Labute approximate surface area is 84.1 Å². The van der Waals surface area contributed by atoms with Crippen LogP contribution in [0.4, 0.5) is 0 Å². The van der Waals surface area contributed by atoms with Crippen molar-refractivity contribution in [2.24, 2.45) is 0 Å². The molecule has 0 radical (unpaired) electrons. The molecule has 0 unspecified atom stereocenters. The van der Waals surface area contributed by atoms with E-state index in [1.165, 1.54) is 0 Å². The van der Waals surface area contributed by atoms with E-state index in [0.29, 0.717) is 18.4 Å². The van der Waals surface area contributed by atoms with Crippen LogP contribution in [0.15, 0.2) is 23.8 Å². The van der Waals surface area contributed by atoms with Gasteiger partial charge in [0, 0.05) is 18.4 Å². The Kier molecular flexibility index (Phi) is 6.37. The fraction of sp³-hybridized carbons (Fsp3) is 0.455. The molecule has 3 nitrogen and oxygen atoms in total. The molecule has 0 aromatic rings. The number of rotatable bonds is 6. The van der Waals surface area contributed by atoms with E-state index >= 15 is 0 Å². The molecule has 0 aliphatic carbocycles. The Morgan fingerprint density at radius 2 is 1.86 bits per heavy atom. The van der Waals surface area contributed by atoms with Gasteiger partial charge in [-0.05, 0) is 20.3 Å². The molecule has 1 N–H and O–H groups in total. The van der Waals surface area contributed by atoms with Crippen LogP contribution in [0, 0.1) is 0 Å². The number of carboxylic acid groups (broad SMARTS) is 1. The molecule has 0 atom stereocenters. The lowest BCUT2D eigenvalue weighted by Gasteiger charge is -1.99. The molecule has 0 saturated carbocycles. The molecular weight excluding hydrogens is 180 g/mol. The maximum Gasteiger partial charge on any atom is 0.303 e. The Balaban J connectivity index is 4.01. The maximum atomic E-state index is 11.4. The Morgan fingerprint density at radius 1 is 1.21 bits per heavy atom. The van der Waals surface area contributed by atoms with Crippen LogP contribution in [0.25, 0.3) is 0 Å². The number of Topliss-reactive ketones (excluding diaryl/α,β-unsaturated/α-hetero) is 1. The van der Waals surface area contributed by atoms with E-state index in [2.05, 4.69) is 0 Å². The van der Waals surface area contributed by atoms with E-state index < -0.39 is 5.97 Å². The summed E-state index contributed by atoms with van der Waals surface area (Å²) in [6.45, 7) is 3.64. The van der Waals surface area contributed by atoms with Crippen molar-refractivity contribution in [1.29, 1.82) is 0 Å². The van der Waals surface area contributed by atoms with Crippen LogP contribution in [0.3, 0.4) is 0 Å². The van der Waals surface area contributed by atoms with Crippen molar-refractivity contribution in [3.8, 4) is 0 Å². The van der Waals surface area contributed by atoms with Gasteiger partial charge in [-0.3, -0.25) is 9.59 Å². The van der Waals surface area contributed by atoms with E-state index in [0.717, 1.165) is 0 Å². The smallest absolute Gasteiger partial charge is 0.303 e. The summed E-state index contributed by atoms with van der Waals surface area (Å²) in [7, 11) is 0. The van der Waals surface area contributed by atoms with Crippen LogP contribution >= 0.6 is 0 Å². The predicted molar refractivity (Wildman–Crippen MR) is 55.1 cm³/mol. The third kappa shape index (κ3) is 5.30. The molecule has 0 saturated heterocycles. The number of hydrogen-bond acceptors (Lipinski definition) is 2. The summed E-state index contributed by atoms with van der Waals surface area (Å²) in [6.07, 6.45) is 6.04. The fourth-order valence-corrected chi connectivity index (χ4v) is 1.07. The van der Waals surface area contributed by atoms with Gasteiger partial charge in [0.1, 0.15) is 0 Å². The summed E-state index contributed by atoms with van der Waals surface area (Å²) < 4.78 is 0. The molecule has 0 heterocycles. The van der Waals surface area contributed by atoms with Crippen molar-refractivity contribution < 1.29 is 14.7 Å². The largest absolute Gasteiger partial charge is 0.481 e. The minimum Gasteiger partial charge on any atom is -0.481 e. The minimum absolute atomic E-state index is 0.00634. The summed E-state index contributed by atoms with van der Waals surface area (Å²) >= 11 is 0. The van der Waals surface area contributed by atoms with E-state index in [1.54, 1.807) is 25.2 Å². The molecule has 0 bridgehead atoms. The van der Waals surface area contributed by atoms with Crippen LogP contribution < -0.4 is 0 Å². The summed E-state index contributed by atoms with van der Waals surface area (Å²) in [5.41, 5.74) is 0.651. The second-order valence-corrected chi connectivity index (χ2v) is 2.91. The van der Waals surface area contributed by atoms with Crippen LogP contribution in [0.1, 0.15) is 33.1 Å². The Hall–Kier alpha value is -1.38. The van der Waals surface area contributed by atoms with Gasteiger partial charge >= 0.3 is 5.97 Å². The number of ketones is 1. The second-order valence-electron chi connectivity index (χ2n) is 2.91. The number of aliphatic carboxylic acids is 1. The highest BCUT2D eigenvalue weighted by atomic mass is 16.4. The highest BCUT2D eigenvalue weighted by Gasteiger charge is 2.06. The lowest BCUT2D eigenvalue weighted by Crippen LogP contribution is -2.02. The van der Waals surface area contributed by atoms with Crippen LogP contribution in [0.2, 0.25) is 0 Å². The summed E-state index contributed by atoms with van der Waals surface area (Å²) in [5, 5.41) is 8.39. The number of hydrogen-bond donors (Lipinski definition) is 1. The zero-order valence-corrected chi connectivity index (χ0v) is 8.62. The molecule has 0 spiro atoms. The topological polar surface area (TPSA) is 54.4 Å². The lowest BCUT2D eigenvalue weighted by molar-refractivity contribution is -0.137. The van der Waals surface area contributed by atoms with Gasteiger partial charge in [-0.1, -0.05) is 18.2 Å². The molecular formula is C11H16O3. The zero-order valence-electron chi connectivity index (χ0n) is 8.62. The first-order valence-electron chi connectivity index (χ1n) is 4.65. The molecule has 0 fully saturated rings. The van der Waals surface area contributed by atoms with Crippen molar-refractivity contribution in [2.75, 3.05) is 0 Å². The van der Waals surface area contributed by atoms with Crippen molar-refractivity contribution in [3.63, 3.8) is 0 Å². The summed E-state index contributed by atoms with van der Waals surface area (Å²) in [5.74, 6) is -0.849. The summed E-state index contributed by atoms with van der Waals surface area (Å²) in [6, 6.07) is 0. The SMILES string of the molecule is C/C=C\C(=C/C)C(=O)CCCC(=O)O. The number of carbonyl (C=O) groups excluding carboxylic acids is 1. The molecule has 0 aromatic carbocycles. The van der Waals surface area contributed by atoms with Gasteiger partial charge in [-0.15, -0.1) is 0 Å². The van der Waals surface area contributed by atoms with E-state index in [9.17, 15) is 9.59 Å². The van der Waals surface area contributed by atoms with Crippen molar-refractivity contribution in [1.82, 2.24) is 0 Å². The van der Waals surface area contributed by atoms with Crippen molar-refractivity contribution in [2.45, 2.75) is 33.1 Å². The van der Waals surface area contributed by atoms with Gasteiger partial charge < -0.3 is 5.11 Å². The van der Waals surface area contributed by atoms with E-state index in [-0.39, 0.29) is 12.2 Å². The molecule has 0 aliphatic rings. The predicted octanol–water partition coefficient (Wildman–Crippen LogP) is 2.33. The Morgan fingerprint density at radius 3 is 2.29 bits per heavy atom. The third-order valence-electron chi connectivity index (χ3n) is 1.77. The van der Waals surface area contributed by atoms with Gasteiger partial charge in [-0.2, -0.15) is 0 Å². The molecule has 14 heavy (non-hydrogen) atoms. The van der Waals surface area contributed by atoms with E-state index in [1.807, 2.05) is 6.92 Å². The Bertz CT molecular complexity index is 262. The second kappa shape index (κ2) is 7.06. The highest BCUT2D eigenvalue weighted by molar-refractivity contribution is 5.97. The molecule has 0 rings (SSSR count). The van der Waals surface area contributed by atoms with Gasteiger partial charge in [0.15, 0.2) is 5.78 Å². The average molecular weight is 196 g/mol. The normalized spacial score (nSPS) is 12.0. The van der Waals surface area contributed by atoms with Crippen LogP contribution in [-0.4, -0.2) is 16.9 Å². The third-order valence-corrected chi connectivity index (χ3v) is 1.77.